The van der Waals surface area contributed by atoms with Crippen LogP contribution in [-0.4, -0.2) is 12.1 Å². The number of halogens is 1. The van der Waals surface area contributed by atoms with E-state index in [2.05, 4.69) is 20.3 Å². The van der Waals surface area contributed by atoms with Gasteiger partial charge in [-0.25, -0.2) is 4.98 Å². The van der Waals surface area contributed by atoms with Crippen molar-refractivity contribution in [2.75, 3.05) is 7.11 Å². The third kappa shape index (κ3) is 4.14. The molecule has 6 heteroatoms. The van der Waals surface area contributed by atoms with Crippen LogP contribution in [0.3, 0.4) is 0 Å². The van der Waals surface area contributed by atoms with Gasteiger partial charge in [-0.2, -0.15) is 5.26 Å². The first-order valence-electron chi connectivity index (χ1n) is 7.83. The van der Waals surface area contributed by atoms with E-state index in [9.17, 15) is 0 Å². The summed E-state index contributed by atoms with van der Waals surface area (Å²) in [5.41, 5.74) is 3.24. The standard InChI is InChI=1S/C20H16ClN2O2P/c1-24-18-8-7-14(10-16(18)21)17-3-2-4-20(23-17)25-12-15-6-5-13(11-22)9-19(15)26/h2-10H,12,26H2,1H3. The number of nitrogens with zero attached hydrogens (tertiary/aromatic N) is 2. The fourth-order valence-corrected chi connectivity index (χ4v) is 3.05. The van der Waals surface area contributed by atoms with Gasteiger partial charge in [0.05, 0.1) is 29.5 Å². The van der Waals surface area contributed by atoms with Gasteiger partial charge in [-0.05, 0) is 47.3 Å². The molecule has 0 radical (unpaired) electrons. The molecule has 130 valence electrons. The van der Waals surface area contributed by atoms with Crippen molar-refractivity contribution in [2.24, 2.45) is 0 Å². The van der Waals surface area contributed by atoms with Crippen LogP contribution >= 0.6 is 20.8 Å². The van der Waals surface area contributed by atoms with E-state index in [0.29, 0.717) is 28.8 Å². The molecule has 3 aromatic rings. The maximum atomic E-state index is 8.93. The lowest BCUT2D eigenvalue weighted by Crippen LogP contribution is -2.07. The minimum atomic E-state index is 0.365. The van der Waals surface area contributed by atoms with Crippen LogP contribution in [0.2, 0.25) is 5.02 Å². The Morgan fingerprint density at radius 2 is 2.00 bits per heavy atom. The lowest BCUT2D eigenvalue weighted by Gasteiger charge is -2.10. The molecule has 1 aromatic heterocycles. The van der Waals surface area contributed by atoms with Crippen molar-refractivity contribution >= 4 is 26.1 Å². The number of ether oxygens (including phenoxy) is 2. The van der Waals surface area contributed by atoms with Crippen LogP contribution in [0.5, 0.6) is 11.6 Å². The largest absolute Gasteiger partial charge is 0.495 e. The number of pyridine rings is 1. The third-order valence-corrected chi connectivity index (χ3v) is 4.65. The highest BCUT2D eigenvalue weighted by Gasteiger charge is 2.07. The van der Waals surface area contributed by atoms with Crippen molar-refractivity contribution in [3.8, 4) is 29.0 Å². The summed E-state index contributed by atoms with van der Waals surface area (Å²) in [7, 11) is 4.21. The molecule has 0 saturated heterocycles. The second-order valence-electron chi connectivity index (χ2n) is 5.52. The first kappa shape index (κ1) is 18.2. The fraction of sp³-hybridized carbons (Fsp3) is 0.100. The second kappa shape index (κ2) is 8.19. The summed E-state index contributed by atoms with van der Waals surface area (Å²) in [5, 5.41) is 10.4. The number of hydrogen-bond donors (Lipinski definition) is 0. The van der Waals surface area contributed by atoms with Gasteiger partial charge in [0.25, 0.3) is 0 Å². The molecule has 0 aliphatic rings. The Kier molecular flexibility index (Phi) is 5.73. The number of nitriles is 1. The molecule has 0 fully saturated rings. The van der Waals surface area contributed by atoms with Crippen LogP contribution in [0.1, 0.15) is 11.1 Å². The maximum Gasteiger partial charge on any atom is 0.214 e. The van der Waals surface area contributed by atoms with Crippen LogP contribution in [0.4, 0.5) is 0 Å². The second-order valence-corrected chi connectivity index (χ2v) is 6.55. The Bertz CT molecular complexity index is 986. The zero-order chi connectivity index (χ0) is 18.5. The minimum absolute atomic E-state index is 0.365. The van der Waals surface area contributed by atoms with Gasteiger partial charge in [0.15, 0.2) is 0 Å². The van der Waals surface area contributed by atoms with Crippen molar-refractivity contribution in [2.45, 2.75) is 6.61 Å². The maximum absolute atomic E-state index is 8.93. The lowest BCUT2D eigenvalue weighted by atomic mass is 10.1. The fourth-order valence-electron chi connectivity index (χ4n) is 2.43. The van der Waals surface area contributed by atoms with Crippen molar-refractivity contribution in [1.82, 2.24) is 4.98 Å². The molecule has 1 atom stereocenters. The van der Waals surface area contributed by atoms with E-state index in [1.807, 2.05) is 42.5 Å². The van der Waals surface area contributed by atoms with Crippen LogP contribution in [0.15, 0.2) is 54.6 Å². The molecule has 0 aliphatic heterocycles. The van der Waals surface area contributed by atoms with E-state index >= 15 is 0 Å². The summed E-state index contributed by atoms with van der Waals surface area (Å²) >= 11 is 6.19. The molecule has 1 unspecified atom stereocenters. The molecule has 1 heterocycles. The molecule has 0 spiro atoms. The zero-order valence-electron chi connectivity index (χ0n) is 14.1. The van der Waals surface area contributed by atoms with E-state index in [1.54, 1.807) is 19.2 Å². The Balaban J connectivity index is 1.78. The van der Waals surface area contributed by atoms with E-state index in [1.165, 1.54) is 0 Å². The monoisotopic (exact) mass is 382 g/mol. The van der Waals surface area contributed by atoms with Gasteiger partial charge in [-0.1, -0.05) is 23.7 Å². The van der Waals surface area contributed by atoms with Crippen molar-refractivity contribution in [3.05, 3.63) is 70.7 Å². The summed E-state index contributed by atoms with van der Waals surface area (Å²) in [4.78, 5) is 4.54. The van der Waals surface area contributed by atoms with Gasteiger partial charge in [-0.15, -0.1) is 9.24 Å². The van der Waals surface area contributed by atoms with Gasteiger partial charge in [0, 0.05) is 11.6 Å². The van der Waals surface area contributed by atoms with E-state index in [4.69, 9.17) is 26.3 Å². The highest BCUT2D eigenvalue weighted by molar-refractivity contribution is 7.27. The molecule has 0 amide bonds. The van der Waals surface area contributed by atoms with Gasteiger partial charge < -0.3 is 9.47 Å². The van der Waals surface area contributed by atoms with Crippen LogP contribution in [0.25, 0.3) is 11.3 Å². The molecule has 2 aromatic carbocycles. The van der Waals surface area contributed by atoms with Gasteiger partial charge in [0.1, 0.15) is 12.4 Å². The highest BCUT2D eigenvalue weighted by Crippen LogP contribution is 2.30. The molecule has 0 aliphatic carbocycles. The quantitative estimate of drug-likeness (QED) is 0.615. The SMILES string of the molecule is COc1ccc(-c2cccc(OCc3ccc(C#N)cc3P)n2)cc1Cl. The van der Waals surface area contributed by atoms with Gasteiger partial charge in [0.2, 0.25) is 5.88 Å². The Morgan fingerprint density at radius 3 is 2.69 bits per heavy atom. The Labute approximate surface area is 159 Å². The molecular weight excluding hydrogens is 367 g/mol. The Morgan fingerprint density at radius 1 is 1.15 bits per heavy atom. The van der Waals surface area contributed by atoms with E-state index < -0.39 is 0 Å². The summed E-state index contributed by atoms with van der Waals surface area (Å²) in [6.07, 6.45) is 0. The number of methoxy groups -OCH3 is 1. The predicted molar refractivity (Wildman–Crippen MR) is 106 cm³/mol. The first-order valence-corrected chi connectivity index (χ1v) is 8.78. The van der Waals surface area contributed by atoms with E-state index in [-0.39, 0.29) is 0 Å². The topological polar surface area (TPSA) is 55.1 Å². The normalized spacial score (nSPS) is 10.2. The Hall–Kier alpha value is -2.60. The highest BCUT2D eigenvalue weighted by atomic mass is 35.5. The smallest absolute Gasteiger partial charge is 0.214 e. The number of hydrogen-bond acceptors (Lipinski definition) is 4. The molecule has 0 saturated carbocycles. The number of rotatable bonds is 5. The van der Waals surface area contributed by atoms with Crippen molar-refractivity contribution in [3.63, 3.8) is 0 Å². The van der Waals surface area contributed by atoms with Crippen molar-refractivity contribution in [1.29, 1.82) is 5.26 Å². The first-order chi connectivity index (χ1) is 12.6. The molecule has 26 heavy (non-hydrogen) atoms. The van der Waals surface area contributed by atoms with Crippen LogP contribution in [0, 0.1) is 11.3 Å². The zero-order valence-corrected chi connectivity index (χ0v) is 16.0. The predicted octanol–water partition coefficient (Wildman–Crippen LogP) is 4.36. The summed E-state index contributed by atoms with van der Waals surface area (Å²) in [5.74, 6) is 1.14. The summed E-state index contributed by atoms with van der Waals surface area (Å²) in [6, 6.07) is 18.7. The molecule has 0 bridgehead atoms. The van der Waals surface area contributed by atoms with Crippen molar-refractivity contribution < 1.29 is 9.47 Å². The average Bonchev–Trinajstić information content (AvgIpc) is 2.67. The van der Waals surface area contributed by atoms with Gasteiger partial charge in [-0.3, -0.25) is 0 Å². The number of benzene rings is 2. The molecule has 3 rings (SSSR count). The molecule has 4 nitrogen and oxygen atoms in total. The minimum Gasteiger partial charge on any atom is -0.495 e. The summed E-state index contributed by atoms with van der Waals surface area (Å²) < 4.78 is 11.0. The summed E-state index contributed by atoms with van der Waals surface area (Å²) in [6.45, 7) is 0.365. The lowest BCUT2D eigenvalue weighted by molar-refractivity contribution is 0.295. The average molecular weight is 383 g/mol. The third-order valence-electron chi connectivity index (χ3n) is 3.82. The van der Waals surface area contributed by atoms with Crippen LogP contribution in [-0.2, 0) is 6.61 Å². The van der Waals surface area contributed by atoms with E-state index in [0.717, 1.165) is 22.1 Å². The van der Waals surface area contributed by atoms with Gasteiger partial charge >= 0.3 is 0 Å². The molecule has 0 N–H and O–H groups in total. The molecular formula is C20H16ClN2O2P. The van der Waals surface area contributed by atoms with Crippen LogP contribution < -0.4 is 14.8 Å². The number of aromatic nitrogens is 1.